The van der Waals surface area contributed by atoms with Crippen LogP contribution in [0.15, 0.2) is 36.5 Å². The van der Waals surface area contributed by atoms with E-state index in [1.807, 2.05) is 12.3 Å². The van der Waals surface area contributed by atoms with Crippen LogP contribution in [0.2, 0.25) is 0 Å². The van der Waals surface area contributed by atoms with Gasteiger partial charge in [-0.05, 0) is 30.7 Å². The molecular weight excluding hydrogens is 196 g/mol. The number of benzene rings is 1. The first-order valence-electron chi connectivity index (χ1n) is 5.93. The largest absolute Gasteiger partial charge is 0.310 e. The lowest BCUT2D eigenvalue weighted by Gasteiger charge is -2.18. The highest BCUT2D eigenvalue weighted by Crippen LogP contribution is 2.24. The van der Waals surface area contributed by atoms with Crippen molar-refractivity contribution in [3.8, 4) is 0 Å². The van der Waals surface area contributed by atoms with Gasteiger partial charge in [0.05, 0.1) is 5.52 Å². The van der Waals surface area contributed by atoms with Gasteiger partial charge in [-0.2, -0.15) is 0 Å². The number of pyridine rings is 1. The van der Waals surface area contributed by atoms with Crippen molar-refractivity contribution in [3.05, 3.63) is 42.1 Å². The van der Waals surface area contributed by atoms with Gasteiger partial charge in [0.2, 0.25) is 0 Å². The summed E-state index contributed by atoms with van der Waals surface area (Å²) in [4.78, 5) is 4.39. The predicted octanol–water partition coefficient (Wildman–Crippen LogP) is 3.30. The smallest absolute Gasteiger partial charge is 0.0705 e. The Morgan fingerprint density at radius 1 is 1.19 bits per heavy atom. The Morgan fingerprint density at radius 2 is 2.06 bits per heavy atom. The summed E-state index contributed by atoms with van der Waals surface area (Å²) in [5.41, 5.74) is 2.44. The minimum Gasteiger partial charge on any atom is -0.310 e. The minimum absolute atomic E-state index is 0.429. The van der Waals surface area contributed by atoms with Crippen molar-refractivity contribution < 1.29 is 0 Å². The Bertz CT molecular complexity index is 460. The highest BCUT2D eigenvalue weighted by Gasteiger charge is 2.10. The predicted molar refractivity (Wildman–Crippen MR) is 68.5 cm³/mol. The summed E-state index contributed by atoms with van der Waals surface area (Å²) in [6.45, 7) is 5.35. The third-order valence-corrected chi connectivity index (χ3v) is 2.91. The highest BCUT2D eigenvalue weighted by atomic mass is 14.9. The summed E-state index contributed by atoms with van der Waals surface area (Å²) >= 11 is 0. The number of aromatic nitrogens is 1. The maximum atomic E-state index is 4.39. The Kier molecular flexibility index (Phi) is 3.52. The molecule has 1 unspecified atom stereocenters. The van der Waals surface area contributed by atoms with Crippen molar-refractivity contribution in [2.75, 3.05) is 6.54 Å². The van der Waals surface area contributed by atoms with E-state index in [1.54, 1.807) is 0 Å². The molecule has 0 saturated carbocycles. The Morgan fingerprint density at radius 3 is 2.81 bits per heavy atom. The fraction of sp³-hybridized carbons (Fsp3) is 0.357. The van der Waals surface area contributed by atoms with E-state index in [4.69, 9.17) is 0 Å². The first kappa shape index (κ1) is 11.1. The number of rotatable bonds is 4. The second kappa shape index (κ2) is 5.08. The van der Waals surface area contributed by atoms with E-state index in [1.165, 1.54) is 10.9 Å². The van der Waals surface area contributed by atoms with Gasteiger partial charge < -0.3 is 5.32 Å². The van der Waals surface area contributed by atoms with Gasteiger partial charge in [-0.15, -0.1) is 0 Å². The molecular formula is C14H18N2. The van der Waals surface area contributed by atoms with E-state index in [9.17, 15) is 0 Å². The Balaban J connectivity index is 2.50. The fourth-order valence-electron chi connectivity index (χ4n) is 2.15. The molecule has 0 saturated heterocycles. The maximum absolute atomic E-state index is 4.39. The third kappa shape index (κ3) is 2.07. The quantitative estimate of drug-likeness (QED) is 0.844. The van der Waals surface area contributed by atoms with Crippen LogP contribution in [0, 0.1) is 0 Å². The zero-order valence-corrected chi connectivity index (χ0v) is 9.90. The SMILES string of the molecule is CCNC(CC)c1cccc2ncccc12. The molecule has 0 aliphatic rings. The first-order valence-corrected chi connectivity index (χ1v) is 5.93. The van der Waals surface area contributed by atoms with Crippen LogP contribution in [0.5, 0.6) is 0 Å². The van der Waals surface area contributed by atoms with Crippen molar-refractivity contribution in [2.24, 2.45) is 0 Å². The lowest BCUT2D eigenvalue weighted by atomic mass is 9.99. The standard InChI is InChI=1S/C14H18N2/c1-3-13(15-4-2)11-7-5-9-14-12(11)8-6-10-16-14/h5-10,13,15H,3-4H2,1-2H3. The molecule has 1 N–H and O–H groups in total. The van der Waals surface area contributed by atoms with Crippen LogP contribution in [-0.4, -0.2) is 11.5 Å². The third-order valence-electron chi connectivity index (χ3n) is 2.91. The molecule has 0 bridgehead atoms. The molecule has 0 spiro atoms. The summed E-state index contributed by atoms with van der Waals surface area (Å²) in [7, 11) is 0. The number of nitrogens with one attached hydrogen (secondary N) is 1. The molecule has 1 aromatic carbocycles. The normalized spacial score (nSPS) is 12.9. The van der Waals surface area contributed by atoms with E-state index in [2.05, 4.69) is 48.4 Å². The lowest BCUT2D eigenvalue weighted by molar-refractivity contribution is 0.541. The van der Waals surface area contributed by atoms with Gasteiger partial charge in [0, 0.05) is 17.6 Å². The van der Waals surface area contributed by atoms with Crippen LogP contribution in [-0.2, 0) is 0 Å². The molecule has 16 heavy (non-hydrogen) atoms. The van der Waals surface area contributed by atoms with Crippen molar-refractivity contribution in [1.29, 1.82) is 0 Å². The average molecular weight is 214 g/mol. The second-order valence-corrected chi connectivity index (χ2v) is 3.94. The van der Waals surface area contributed by atoms with Crippen LogP contribution in [0.4, 0.5) is 0 Å². The molecule has 1 atom stereocenters. The number of hydrogen-bond acceptors (Lipinski definition) is 2. The zero-order chi connectivity index (χ0) is 11.4. The molecule has 0 aliphatic carbocycles. The summed E-state index contributed by atoms with van der Waals surface area (Å²) in [5, 5.41) is 4.77. The van der Waals surface area contributed by atoms with Crippen LogP contribution in [0.25, 0.3) is 10.9 Å². The molecule has 2 nitrogen and oxygen atoms in total. The number of nitrogens with zero attached hydrogens (tertiary/aromatic N) is 1. The molecule has 0 fully saturated rings. The van der Waals surface area contributed by atoms with Gasteiger partial charge in [-0.3, -0.25) is 4.98 Å². The maximum Gasteiger partial charge on any atom is 0.0705 e. The molecule has 84 valence electrons. The highest BCUT2D eigenvalue weighted by molar-refractivity contribution is 5.82. The molecule has 0 amide bonds. The van der Waals surface area contributed by atoms with Crippen molar-refractivity contribution in [1.82, 2.24) is 10.3 Å². The average Bonchev–Trinajstić information content (AvgIpc) is 2.35. The van der Waals surface area contributed by atoms with Gasteiger partial charge in [-0.25, -0.2) is 0 Å². The summed E-state index contributed by atoms with van der Waals surface area (Å²) < 4.78 is 0. The van der Waals surface area contributed by atoms with E-state index in [-0.39, 0.29) is 0 Å². The van der Waals surface area contributed by atoms with E-state index >= 15 is 0 Å². The van der Waals surface area contributed by atoms with Gasteiger partial charge in [0.15, 0.2) is 0 Å². The summed E-state index contributed by atoms with van der Waals surface area (Å²) in [6, 6.07) is 10.9. The summed E-state index contributed by atoms with van der Waals surface area (Å²) in [6.07, 6.45) is 2.95. The number of fused-ring (bicyclic) bond motifs is 1. The monoisotopic (exact) mass is 214 g/mol. The Hall–Kier alpha value is -1.41. The van der Waals surface area contributed by atoms with E-state index in [0.29, 0.717) is 6.04 Å². The zero-order valence-electron chi connectivity index (χ0n) is 9.90. The van der Waals surface area contributed by atoms with Crippen LogP contribution in [0.1, 0.15) is 31.9 Å². The Labute approximate surface area is 96.7 Å². The van der Waals surface area contributed by atoms with Crippen molar-refractivity contribution >= 4 is 10.9 Å². The minimum atomic E-state index is 0.429. The molecule has 2 aromatic rings. The molecule has 2 rings (SSSR count). The lowest BCUT2D eigenvalue weighted by Crippen LogP contribution is -2.20. The van der Waals surface area contributed by atoms with E-state index < -0.39 is 0 Å². The molecule has 0 aliphatic heterocycles. The first-order chi connectivity index (χ1) is 7.86. The molecule has 0 radical (unpaired) electrons. The van der Waals surface area contributed by atoms with Gasteiger partial charge >= 0.3 is 0 Å². The fourth-order valence-corrected chi connectivity index (χ4v) is 2.15. The van der Waals surface area contributed by atoms with Crippen LogP contribution >= 0.6 is 0 Å². The van der Waals surface area contributed by atoms with Gasteiger partial charge in [0.1, 0.15) is 0 Å². The van der Waals surface area contributed by atoms with Crippen molar-refractivity contribution in [3.63, 3.8) is 0 Å². The topological polar surface area (TPSA) is 24.9 Å². The second-order valence-electron chi connectivity index (χ2n) is 3.94. The molecule has 1 aromatic heterocycles. The van der Waals surface area contributed by atoms with Crippen molar-refractivity contribution in [2.45, 2.75) is 26.3 Å². The van der Waals surface area contributed by atoms with Gasteiger partial charge in [0.25, 0.3) is 0 Å². The molecule has 2 heteroatoms. The summed E-state index contributed by atoms with van der Waals surface area (Å²) in [5.74, 6) is 0. The van der Waals surface area contributed by atoms with E-state index in [0.717, 1.165) is 18.5 Å². The van der Waals surface area contributed by atoms with Gasteiger partial charge in [-0.1, -0.05) is 32.0 Å². The van der Waals surface area contributed by atoms with Crippen LogP contribution in [0.3, 0.4) is 0 Å². The van der Waals surface area contributed by atoms with Crippen LogP contribution < -0.4 is 5.32 Å². The molecule has 1 heterocycles. The number of hydrogen-bond donors (Lipinski definition) is 1.